The summed E-state index contributed by atoms with van der Waals surface area (Å²) in [4.78, 5) is 27.4. The lowest BCUT2D eigenvalue weighted by molar-refractivity contribution is -0.151. The molecule has 10 nitrogen and oxygen atoms in total. The van der Waals surface area contributed by atoms with Gasteiger partial charge in [-0.25, -0.2) is 14.0 Å². The predicted octanol–water partition coefficient (Wildman–Crippen LogP) is 11.9. The van der Waals surface area contributed by atoms with E-state index in [1.54, 1.807) is 39.5 Å². The van der Waals surface area contributed by atoms with Gasteiger partial charge in [0.05, 0.1) is 53.5 Å². The minimum atomic E-state index is -1.58. The predicted molar refractivity (Wildman–Crippen MR) is 240 cm³/mol. The third-order valence-corrected chi connectivity index (χ3v) is 11.3. The van der Waals surface area contributed by atoms with Crippen LogP contribution in [0.4, 0.5) is 4.39 Å². The number of benzene rings is 6. The fourth-order valence-electron chi connectivity index (χ4n) is 8.12. The minimum Gasteiger partial charge on any atom is -0.494 e. The number of carboxylic acid groups (broad SMARTS) is 2. The first kappa shape index (κ1) is 42.0. The van der Waals surface area contributed by atoms with Gasteiger partial charge in [0.15, 0.2) is 12.1 Å². The third-order valence-electron chi connectivity index (χ3n) is 11.0. The molecule has 2 N–H and O–H groups in total. The number of unbranched alkanes of at least 4 members (excludes halogenated alkanes) is 4. The van der Waals surface area contributed by atoms with Gasteiger partial charge in [0.1, 0.15) is 28.8 Å². The average molecular weight is 857 g/mol. The molecule has 0 aliphatic carbocycles. The second kappa shape index (κ2) is 19.3. The van der Waals surface area contributed by atoms with Crippen LogP contribution in [0, 0.1) is 5.82 Å². The van der Waals surface area contributed by atoms with Crippen molar-refractivity contribution in [2.24, 2.45) is 0 Å². The Hall–Kier alpha value is -6.72. The van der Waals surface area contributed by atoms with Crippen LogP contribution in [-0.2, 0) is 9.59 Å². The number of hydrogen-bond acceptors (Lipinski definition) is 6. The van der Waals surface area contributed by atoms with Gasteiger partial charge in [0.25, 0.3) is 0 Å². The second-order valence-corrected chi connectivity index (χ2v) is 15.5. The van der Waals surface area contributed by atoms with Crippen LogP contribution in [0.25, 0.3) is 43.6 Å². The van der Waals surface area contributed by atoms with Gasteiger partial charge in [-0.1, -0.05) is 60.1 Å². The zero-order valence-electron chi connectivity index (χ0n) is 33.9. The number of nitrogens with zero attached hydrogens (tertiary/aromatic N) is 2. The van der Waals surface area contributed by atoms with Crippen LogP contribution in [0.3, 0.4) is 0 Å². The number of ether oxygens (including phenoxy) is 4. The van der Waals surface area contributed by atoms with Crippen molar-refractivity contribution in [3.05, 3.63) is 144 Å². The monoisotopic (exact) mass is 856 g/mol. The number of carboxylic acids is 2. The smallest absolute Gasteiger partial charge is 0.329 e. The van der Waals surface area contributed by atoms with Crippen LogP contribution in [0.1, 0.15) is 50.6 Å². The van der Waals surface area contributed by atoms with E-state index in [1.807, 2.05) is 91.0 Å². The SMILES string of the molecule is O=C(O)C(C(C(=O)O)n1c2ccccc2c2ccc(OCCCCCOc3ccccc3Cl)cc21)n1c2ccccc2c2ccc(OCCCCCOc3ccc(F)cc3)cc21. The summed E-state index contributed by atoms with van der Waals surface area (Å²) in [6, 6.07) is 36.1. The average Bonchev–Trinajstić information content (AvgIpc) is 3.77. The summed E-state index contributed by atoms with van der Waals surface area (Å²) >= 11 is 6.20. The van der Waals surface area contributed by atoms with Crippen molar-refractivity contribution in [1.29, 1.82) is 0 Å². The lowest BCUT2D eigenvalue weighted by Crippen LogP contribution is -2.34. The van der Waals surface area contributed by atoms with E-state index in [0.717, 1.165) is 60.1 Å². The molecule has 62 heavy (non-hydrogen) atoms. The summed E-state index contributed by atoms with van der Waals surface area (Å²) < 4.78 is 40.4. The third kappa shape index (κ3) is 9.13. The van der Waals surface area contributed by atoms with Gasteiger partial charge in [-0.15, -0.1) is 0 Å². The number of aromatic nitrogens is 2. The first-order chi connectivity index (χ1) is 30.3. The normalized spacial score (nSPS) is 12.5. The number of para-hydroxylation sites is 3. The topological polar surface area (TPSA) is 121 Å². The van der Waals surface area contributed by atoms with E-state index < -0.39 is 24.0 Å². The van der Waals surface area contributed by atoms with Crippen LogP contribution >= 0.6 is 11.6 Å². The van der Waals surface area contributed by atoms with Crippen molar-refractivity contribution in [3.63, 3.8) is 0 Å². The Morgan fingerprint density at radius 1 is 0.484 bits per heavy atom. The van der Waals surface area contributed by atoms with Crippen LogP contribution in [0.5, 0.6) is 23.0 Å². The summed E-state index contributed by atoms with van der Waals surface area (Å²) in [5, 5.41) is 26.0. The standard InChI is InChI=1S/C50H46ClFN2O8/c51-41-15-5-8-18-46(41)62-30-12-2-11-29-61-36-24-26-40-38-14-4-7-17-43(38)54(45(40)32-36)48(50(57)58)47(49(55)56)53-42-16-6-3-13-37(42)39-25-23-35(31-44(39)53)60-28-10-1-9-27-59-34-21-19-33(52)20-22-34/h3-8,13-26,31-32,47-48H,1-2,9-12,27-30H2,(H,55,56)(H,57,58). The minimum absolute atomic E-state index is 0.312. The highest BCUT2D eigenvalue weighted by Crippen LogP contribution is 2.42. The van der Waals surface area contributed by atoms with E-state index >= 15 is 0 Å². The van der Waals surface area contributed by atoms with Crippen LogP contribution < -0.4 is 18.9 Å². The molecule has 2 heterocycles. The number of aliphatic carboxylic acids is 2. The molecule has 0 spiro atoms. The van der Waals surface area contributed by atoms with Crippen molar-refractivity contribution in [2.75, 3.05) is 26.4 Å². The van der Waals surface area contributed by atoms with E-state index in [0.29, 0.717) is 76.5 Å². The summed E-state index contributed by atoms with van der Waals surface area (Å²) in [7, 11) is 0. The Bertz CT molecular complexity index is 2840. The quantitative estimate of drug-likeness (QED) is 0.0685. The summed E-state index contributed by atoms with van der Waals surface area (Å²) in [5.41, 5.74) is 2.26. The molecular weight excluding hydrogens is 811 g/mol. The molecule has 0 radical (unpaired) electrons. The van der Waals surface area contributed by atoms with Gasteiger partial charge in [-0.2, -0.15) is 0 Å². The van der Waals surface area contributed by atoms with Crippen LogP contribution in [0.2, 0.25) is 5.02 Å². The Morgan fingerprint density at radius 2 is 0.887 bits per heavy atom. The second-order valence-electron chi connectivity index (χ2n) is 15.1. The van der Waals surface area contributed by atoms with E-state index in [-0.39, 0.29) is 5.82 Å². The number of halogens is 2. The summed E-state index contributed by atoms with van der Waals surface area (Å²) in [5.74, 6) is -0.563. The van der Waals surface area contributed by atoms with Crippen molar-refractivity contribution in [1.82, 2.24) is 9.13 Å². The molecule has 2 atom stereocenters. The molecule has 6 aromatic carbocycles. The molecule has 2 aromatic heterocycles. The zero-order valence-corrected chi connectivity index (χ0v) is 34.7. The van der Waals surface area contributed by atoms with Crippen LogP contribution in [0.15, 0.2) is 133 Å². The zero-order chi connectivity index (χ0) is 43.0. The first-order valence-electron chi connectivity index (χ1n) is 20.8. The van der Waals surface area contributed by atoms with Gasteiger partial charge in [-0.05, 0) is 111 Å². The van der Waals surface area contributed by atoms with Crippen molar-refractivity contribution < 1.29 is 43.1 Å². The molecule has 0 aliphatic rings. The molecule has 2 unspecified atom stereocenters. The fraction of sp³-hybridized carbons (Fsp3) is 0.240. The highest BCUT2D eigenvalue weighted by molar-refractivity contribution is 6.32. The lowest BCUT2D eigenvalue weighted by atomic mass is 10.1. The molecule has 8 aromatic rings. The summed E-state index contributed by atoms with van der Waals surface area (Å²) in [6.45, 7) is 1.85. The van der Waals surface area contributed by atoms with E-state index in [9.17, 15) is 24.2 Å². The maximum absolute atomic E-state index is 13.7. The maximum atomic E-state index is 13.7. The summed E-state index contributed by atoms with van der Waals surface area (Å²) in [6.07, 6.45) is 4.78. The highest BCUT2D eigenvalue weighted by Gasteiger charge is 2.40. The van der Waals surface area contributed by atoms with E-state index in [1.165, 1.54) is 12.1 Å². The van der Waals surface area contributed by atoms with Gasteiger partial charge < -0.3 is 38.3 Å². The van der Waals surface area contributed by atoms with E-state index in [4.69, 9.17) is 30.5 Å². The molecule has 8 rings (SSSR count). The Morgan fingerprint density at radius 3 is 1.37 bits per heavy atom. The molecule has 12 heteroatoms. The van der Waals surface area contributed by atoms with E-state index in [2.05, 4.69) is 0 Å². The molecule has 0 aliphatic heterocycles. The largest absolute Gasteiger partial charge is 0.494 e. The number of rotatable bonds is 21. The Kier molecular flexibility index (Phi) is 13.1. The number of carbonyl (C=O) groups is 2. The number of hydrogen-bond donors (Lipinski definition) is 2. The van der Waals surface area contributed by atoms with Crippen LogP contribution in [-0.4, -0.2) is 57.7 Å². The molecule has 318 valence electrons. The molecular formula is C50H46ClFN2O8. The molecule has 0 amide bonds. The highest BCUT2D eigenvalue weighted by atomic mass is 35.5. The molecule has 0 saturated heterocycles. The van der Waals surface area contributed by atoms with Gasteiger partial charge in [0.2, 0.25) is 0 Å². The maximum Gasteiger partial charge on any atom is 0.329 e. The molecule has 0 bridgehead atoms. The Labute approximate surface area is 362 Å². The van der Waals surface area contributed by atoms with Crippen molar-refractivity contribution >= 4 is 67.2 Å². The first-order valence-corrected chi connectivity index (χ1v) is 21.2. The van der Waals surface area contributed by atoms with Crippen molar-refractivity contribution in [2.45, 2.75) is 50.6 Å². The fourth-order valence-corrected chi connectivity index (χ4v) is 8.31. The Balaban J connectivity index is 1.04. The van der Waals surface area contributed by atoms with Gasteiger partial charge >= 0.3 is 11.9 Å². The van der Waals surface area contributed by atoms with Gasteiger partial charge in [-0.3, -0.25) is 0 Å². The molecule has 0 fully saturated rings. The lowest BCUT2D eigenvalue weighted by Gasteiger charge is -2.26. The van der Waals surface area contributed by atoms with Gasteiger partial charge in [0, 0.05) is 33.7 Å². The molecule has 0 saturated carbocycles. The number of fused-ring (bicyclic) bond motifs is 6. The van der Waals surface area contributed by atoms with Crippen molar-refractivity contribution in [3.8, 4) is 23.0 Å².